The smallest absolute Gasteiger partial charge is 0.317 e. The summed E-state index contributed by atoms with van der Waals surface area (Å²) >= 11 is 0. The zero-order valence-electron chi connectivity index (χ0n) is 19.6. The number of nitrogens with one attached hydrogen (secondary N) is 1. The van der Waals surface area contributed by atoms with Crippen molar-refractivity contribution in [3.8, 4) is 11.1 Å². The van der Waals surface area contributed by atoms with Gasteiger partial charge < -0.3 is 4.57 Å². The van der Waals surface area contributed by atoms with Crippen LogP contribution in [0.15, 0.2) is 54.1 Å². The van der Waals surface area contributed by atoms with Crippen LogP contribution in [-0.2, 0) is 16.2 Å². The van der Waals surface area contributed by atoms with Gasteiger partial charge in [0.05, 0.1) is 10.5 Å². The van der Waals surface area contributed by atoms with Gasteiger partial charge in [-0.25, -0.2) is 22.6 Å². The van der Waals surface area contributed by atoms with Crippen molar-refractivity contribution < 1.29 is 21.6 Å². The zero-order valence-corrected chi connectivity index (χ0v) is 20.5. The lowest BCUT2D eigenvalue weighted by molar-refractivity contribution is -0.137. The summed E-state index contributed by atoms with van der Waals surface area (Å²) in [5.41, 5.74) is 0.0973. The molecule has 13 heteroatoms. The molecule has 0 saturated heterocycles. The predicted molar refractivity (Wildman–Crippen MR) is 127 cm³/mol. The molecule has 9 nitrogen and oxygen atoms in total. The summed E-state index contributed by atoms with van der Waals surface area (Å²) in [5, 5.41) is 12.1. The highest BCUT2D eigenvalue weighted by Gasteiger charge is 2.34. The minimum Gasteiger partial charge on any atom is -0.317 e. The number of halogens is 3. The van der Waals surface area contributed by atoms with E-state index in [2.05, 4.69) is 25.0 Å². The van der Waals surface area contributed by atoms with Gasteiger partial charge in [0, 0.05) is 29.8 Å². The van der Waals surface area contributed by atoms with Gasteiger partial charge in [0.2, 0.25) is 10.0 Å². The molecule has 194 valence electrons. The van der Waals surface area contributed by atoms with Crippen LogP contribution in [0.25, 0.3) is 16.8 Å². The van der Waals surface area contributed by atoms with Crippen molar-refractivity contribution in [3.63, 3.8) is 0 Å². The topological polar surface area (TPSA) is 107 Å². The Hall–Kier alpha value is -3.32. The second kappa shape index (κ2) is 8.91. The highest BCUT2D eigenvalue weighted by molar-refractivity contribution is 7.89. The Morgan fingerprint density at radius 2 is 1.76 bits per heavy atom. The molecule has 2 aliphatic carbocycles. The molecule has 3 heterocycles. The van der Waals surface area contributed by atoms with E-state index in [1.165, 1.54) is 10.6 Å². The van der Waals surface area contributed by atoms with E-state index in [0.29, 0.717) is 41.9 Å². The van der Waals surface area contributed by atoms with E-state index in [9.17, 15) is 21.6 Å². The quantitative estimate of drug-likeness (QED) is 0.397. The van der Waals surface area contributed by atoms with Crippen LogP contribution >= 0.6 is 0 Å². The molecular weight excluding hydrogens is 507 g/mol. The molecule has 2 saturated carbocycles. The molecule has 0 amide bonds. The summed E-state index contributed by atoms with van der Waals surface area (Å²) in [5.74, 6) is 1.04. The van der Waals surface area contributed by atoms with Crippen molar-refractivity contribution >= 4 is 15.7 Å². The number of hydrogen-bond donors (Lipinski definition) is 1. The highest BCUT2D eigenvalue weighted by atomic mass is 32.2. The minimum atomic E-state index is -4.72. The maximum Gasteiger partial charge on any atom is 0.416 e. The van der Waals surface area contributed by atoms with Crippen molar-refractivity contribution in [1.82, 2.24) is 34.1 Å². The van der Waals surface area contributed by atoms with Crippen molar-refractivity contribution in [2.45, 2.75) is 67.6 Å². The van der Waals surface area contributed by atoms with Crippen LogP contribution in [0.1, 0.15) is 61.9 Å². The van der Waals surface area contributed by atoms with E-state index in [1.807, 2.05) is 4.57 Å². The molecular formula is C24H24F3N7O2S. The van der Waals surface area contributed by atoms with E-state index < -0.39 is 32.7 Å². The van der Waals surface area contributed by atoms with E-state index in [-0.39, 0.29) is 11.6 Å². The highest BCUT2D eigenvalue weighted by Crippen LogP contribution is 2.39. The van der Waals surface area contributed by atoms with Gasteiger partial charge in [-0.2, -0.15) is 18.3 Å². The number of fused-ring (bicyclic) bond motifs is 1. The fourth-order valence-corrected chi connectivity index (χ4v) is 6.25. The Bertz CT molecular complexity index is 1550. The van der Waals surface area contributed by atoms with Crippen LogP contribution in [0.4, 0.5) is 13.2 Å². The molecule has 4 aromatic rings. The third-order valence-electron chi connectivity index (χ3n) is 6.99. The molecule has 1 aromatic carbocycles. The van der Waals surface area contributed by atoms with Gasteiger partial charge in [0.1, 0.15) is 12.7 Å². The zero-order chi connectivity index (χ0) is 25.8. The van der Waals surface area contributed by atoms with Crippen LogP contribution < -0.4 is 4.72 Å². The molecule has 0 spiro atoms. The van der Waals surface area contributed by atoms with E-state index in [1.54, 1.807) is 31.0 Å². The molecule has 3 aromatic heterocycles. The Balaban J connectivity index is 1.33. The first-order valence-electron chi connectivity index (χ1n) is 12.1. The number of nitrogens with zero attached hydrogens (tertiary/aromatic N) is 6. The Labute approximate surface area is 210 Å². The normalized spacial score (nSPS) is 20.9. The number of sulfonamides is 1. The summed E-state index contributed by atoms with van der Waals surface area (Å²) in [6.45, 7) is 0. The van der Waals surface area contributed by atoms with Gasteiger partial charge in [-0.3, -0.25) is 0 Å². The average Bonchev–Trinajstić information content (AvgIpc) is 3.39. The summed E-state index contributed by atoms with van der Waals surface area (Å²) < 4.78 is 74.1. The molecule has 37 heavy (non-hydrogen) atoms. The SMILES string of the molecule is O=S(=O)(N[C@H]1CCC[C@@H](n2cnnc2)C1)c1cc(-c2ccc3nc(C4CC4)nn3c2)cc(C(F)(F)F)c1. The first-order chi connectivity index (χ1) is 17.7. The predicted octanol–water partition coefficient (Wildman–Crippen LogP) is 4.35. The molecule has 0 bridgehead atoms. The molecule has 0 radical (unpaired) electrons. The summed E-state index contributed by atoms with van der Waals surface area (Å²) in [6.07, 6.45) is 4.77. The summed E-state index contributed by atoms with van der Waals surface area (Å²) in [6, 6.07) is 5.82. The monoisotopic (exact) mass is 531 g/mol. The van der Waals surface area contributed by atoms with E-state index in [4.69, 9.17) is 0 Å². The van der Waals surface area contributed by atoms with Crippen LogP contribution in [0.5, 0.6) is 0 Å². The number of rotatable bonds is 6. The largest absolute Gasteiger partial charge is 0.416 e. The standard InChI is InChI=1S/C24H24F3N7O2S/c25-24(26,27)18-8-17(16-6-7-22-30-23(15-4-5-15)31-34(22)12-16)9-21(10-18)37(35,36)32-19-2-1-3-20(11-19)33-13-28-29-14-33/h6-10,12-15,19-20,32H,1-5,11H2/t19-,20+/m0/s1. The number of pyridine rings is 1. The Morgan fingerprint density at radius 1 is 0.973 bits per heavy atom. The van der Waals surface area contributed by atoms with Gasteiger partial charge in [0.25, 0.3) is 0 Å². The number of aromatic nitrogens is 6. The Kier molecular flexibility index (Phi) is 5.79. The van der Waals surface area contributed by atoms with Gasteiger partial charge in [-0.1, -0.05) is 0 Å². The van der Waals surface area contributed by atoms with Crippen molar-refractivity contribution in [2.75, 3.05) is 0 Å². The maximum atomic E-state index is 13.8. The van der Waals surface area contributed by atoms with E-state index >= 15 is 0 Å². The third kappa shape index (κ3) is 4.97. The molecule has 2 atom stereocenters. The molecule has 6 rings (SSSR count). The summed E-state index contributed by atoms with van der Waals surface area (Å²) in [7, 11) is -4.23. The second-order valence-corrected chi connectivity index (χ2v) is 11.5. The lowest BCUT2D eigenvalue weighted by atomic mass is 9.91. The van der Waals surface area contributed by atoms with Gasteiger partial charge in [-0.05, 0) is 74.4 Å². The number of benzene rings is 1. The van der Waals surface area contributed by atoms with Crippen molar-refractivity contribution in [1.29, 1.82) is 0 Å². The molecule has 0 unspecified atom stereocenters. The minimum absolute atomic E-state index is 0.0171. The lowest BCUT2D eigenvalue weighted by Crippen LogP contribution is -2.38. The van der Waals surface area contributed by atoms with Gasteiger partial charge in [0.15, 0.2) is 11.5 Å². The van der Waals surface area contributed by atoms with Gasteiger partial charge >= 0.3 is 6.18 Å². The second-order valence-electron chi connectivity index (χ2n) is 9.76. The first kappa shape index (κ1) is 24.0. The van der Waals surface area contributed by atoms with Crippen molar-refractivity contribution in [3.05, 3.63) is 60.6 Å². The average molecular weight is 532 g/mol. The van der Waals surface area contributed by atoms with Crippen molar-refractivity contribution in [2.24, 2.45) is 0 Å². The third-order valence-corrected chi connectivity index (χ3v) is 8.49. The van der Waals surface area contributed by atoms with Gasteiger partial charge in [-0.15, -0.1) is 10.2 Å². The van der Waals surface area contributed by atoms with Crippen LogP contribution in [-0.4, -0.2) is 43.8 Å². The fourth-order valence-electron chi connectivity index (χ4n) is 4.90. The fraction of sp³-hybridized carbons (Fsp3) is 0.417. The van der Waals surface area contributed by atoms with Crippen LogP contribution in [0.3, 0.4) is 0 Å². The summed E-state index contributed by atoms with van der Waals surface area (Å²) in [4.78, 5) is 4.04. The molecule has 0 aliphatic heterocycles. The van der Waals surface area contributed by atoms with Crippen LogP contribution in [0.2, 0.25) is 0 Å². The number of hydrogen-bond acceptors (Lipinski definition) is 6. The van der Waals surface area contributed by atoms with E-state index in [0.717, 1.165) is 31.7 Å². The lowest BCUT2D eigenvalue weighted by Gasteiger charge is -2.30. The molecule has 2 fully saturated rings. The molecule has 2 aliphatic rings. The number of alkyl halides is 3. The van der Waals surface area contributed by atoms with Crippen LogP contribution in [0, 0.1) is 0 Å². The Morgan fingerprint density at radius 3 is 2.49 bits per heavy atom. The first-order valence-corrected chi connectivity index (χ1v) is 13.6. The molecule has 1 N–H and O–H groups in total. The maximum absolute atomic E-state index is 13.8.